The maximum Gasteiger partial charge on any atom is 0.131 e. The van der Waals surface area contributed by atoms with E-state index in [1.165, 1.54) is 12.1 Å². The van der Waals surface area contributed by atoms with Crippen molar-refractivity contribution in [2.75, 3.05) is 5.73 Å². The normalized spacial score (nSPS) is 10.5. The molecule has 0 amide bonds. The van der Waals surface area contributed by atoms with Gasteiger partial charge in [0.05, 0.1) is 5.69 Å². The summed E-state index contributed by atoms with van der Waals surface area (Å²) in [6.07, 6.45) is 0.701. The molecule has 0 aliphatic heterocycles. The number of hydrogen-bond acceptors (Lipinski definition) is 3. The Morgan fingerprint density at radius 1 is 1.29 bits per heavy atom. The Balaban J connectivity index is 2.62. The molecule has 1 heterocycles. The number of aromatic nitrogens is 2. The molecule has 0 atom stereocenters. The topological polar surface area (TPSA) is 51.8 Å². The van der Waals surface area contributed by atoms with Gasteiger partial charge in [0.1, 0.15) is 17.5 Å². The van der Waals surface area contributed by atoms with Gasteiger partial charge in [-0.15, -0.1) is 0 Å². The Kier molecular flexibility index (Phi) is 3.04. The lowest BCUT2D eigenvalue weighted by Crippen LogP contribution is -2.04. The van der Waals surface area contributed by atoms with Crippen LogP contribution < -0.4 is 5.73 Å². The van der Waals surface area contributed by atoms with E-state index in [4.69, 9.17) is 5.73 Å². The minimum Gasteiger partial charge on any atom is -0.383 e. The summed E-state index contributed by atoms with van der Waals surface area (Å²) in [4.78, 5) is 8.58. The molecular weight excluding hydrogens is 217 g/mol. The van der Waals surface area contributed by atoms with Gasteiger partial charge in [-0.05, 0) is 19.1 Å². The second-order valence-electron chi connectivity index (χ2n) is 3.86. The smallest absolute Gasteiger partial charge is 0.131 e. The summed E-state index contributed by atoms with van der Waals surface area (Å²) in [6, 6.07) is 6.34. The monoisotopic (exact) mass is 231 g/mol. The summed E-state index contributed by atoms with van der Waals surface area (Å²) in [5.41, 5.74) is 8.04. The first-order valence-corrected chi connectivity index (χ1v) is 5.50. The van der Waals surface area contributed by atoms with Crippen LogP contribution in [0.5, 0.6) is 0 Å². The first-order valence-electron chi connectivity index (χ1n) is 5.50. The predicted molar refractivity (Wildman–Crippen MR) is 66.0 cm³/mol. The van der Waals surface area contributed by atoms with E-state index in [2.05, 4.69) is 9.97 Å². The quantitative estimate of drug-likeness (QED) is 0.864. The van der Waals surface area contributed by atoms with Crippen molar-refractivity contribution in [3.63, 3.8) is 0 Å². The highest BCUT2D eigenvalue weighted by molar-refractivity contribution is 5.67. The highest BCUT2D eigenvalue weighted by atomic mass is 19.1. The van der Waals surface area contributed by atoms with Crippen molar-refractivity contribution in [1.29, 1.82) is 0 Å². The zero-order valence-electron chi connectivity index (χ0n) is 9.87. The van der Waals surface area contributed by atoms with Crippen LogP contribution in [0.4, 0.5) is 10.2 Å². The molecule has 0 bridgehead atoms. The van der Waals surface area contributed by atoms with Gasteiger partial charge in [-0.2, -0.15) is 0 Å². The fourth-order valence-electron chi connectivity index (χ4n) is 1.66. The van der Waals surface area contributed by atoms with E-state index in [0.717, 1.165) is 11.1 Å². The fraction of sp³-hybridized carbons (Fsp3) is 0.231. The molecule has 2 rings (SSSR count). The van der Waals surface area contributed by atoms with E-state index in [0.29, 0.717) is 23.8 Å². The van der Waals surface area contributed by atoms with Crippen LogP contribution in [-0.4, -0.2) is 9.97 Å². The van der Waals surface area contributed by atoms with E-state index in [1.807, 2.05) is 19.9 Å². The molecule has 0 saturated heterocycles. The minimum atomic E-state index is -0.280. The zero-order chi connectivity index (χ0) is 12.4. The SMILES string of the molecule is CCc1nc(N)c(C)c(-c2cccc(F)c2)n1. The predicted octanol–water partition coefficient (Wildman–Crippen LogP) is 2.74. The van der Waals surface area contributed by atoms with Gasteiger partial charge < -0.3 is 5.73 Å². The van der Waals surface area contributed by atoms with Gasteiger partial charge in [0.25, 0.3) is 0 Å². The van der Waals surface area contributed by atoms with E-state index in [1.54, 1.807) is 6.07 Å². The van der Waals surface area contributed by atoms with Crippen LogP contribution in [0, 0.1) is 12.7 Å². The Bertz CT molecular complexity index is 552. The maximum atomic E-state index is 13.2. The Hall–Kier alpha value is -1.97. The first-order chi connectivity index (χ1) is 8.11. The van der Waals surface area contributed by atoms with Gasteiger partial charge in [-0.3, -0.25) is 0 Å². The highest BCUT2D eigenvalue weighted by Crippen LogP contribution is 2.24. The van der Waals surface area contributed by atoms with Crippen molar-refractivity contribution in [1.82, 2.24) is 9.97 Å². The number of rotatable bonds is 2. The van der Waals surface area contributed by atoms with Crippen molar-refractivity contribution in [3.8, 4) is 11.3 Å². The largest absolute Gasteiger partial charge is 0.383 e. The number of benzene rings is 1. The number of hydrogen-bond donors (Lipinski definition) is 1. The lowest BCUT2D eigenvalue weighted by atomic mass is 10.1. The van der Waals surface area contributed by atoms with Crippen molar-refractivity contribution in [2.24, 2.45) is 0 Å². The third-order valence-electron chi connectivity index (χ3n) is 2.64. The van der Waals surface area contributed by atoms with E-state index >= 15 is 0 Å². The standard InChI is InChI=1S/C13H14FN3/c1-3-11-16-12(8(2)13(15)17-11)9-5-4-6-10(14)7-9/h4-7H,3H2,1-2H3,(H2,15,16,17). The molecule has 0 radical (unpaired) electrons. The zero-order valence-corrected chi connectivity index (χ0v) is 9.87. The molecule has 2 aromatic rings. The fourth-order valence-corrected chi connectivity index (χ4v) is 1.66. The summed E-state index contributed by atoms with van der Waals surface area (Å²) in [5.74, 6) is 0.848. The molecule has 88 valence electrons. The molecule has 0 fully saturated rings. The minimum absolute atomic E-state index is 0.280. The molecule has 1 aromatic heterocycles. The number of aryl methyl sites for hydroxylation is 1. The number of nitrogen functional groups attached to an aromatic ring is 1. The molecule has 0 aliphatic carbocycles. The molecule has 4 heteroatoms. The van der Waals surface area contributed by atoms with Crippen molar-refractivity contribution in [3.05, 3.63) is 41.5 Å². The van der Waals surface area contributed by atoms with Gasteiger partial charge in [-0.25, -0.2) is 14.4 Å². The van der Waals surface area contributed by atoms with Crippen LogP contribution in [0.1, 0.15) is 18.3 Å². The van der Waals surface area contributed by atoms with E-state index in [9.17, 15) is 4.39 Å². The van der Waals surface area contributed by atoms with E-state index in [-0.39, 0.29) is 5.82 Å². The summed E-state index contributed by atoms with van der Waals surface area (Å²) < 4.78 is 13.2. The molecule has 2 N–H and O–H groups in total. The Labute approximate surface area is 99.5 Å². The van der Waals surface area contributed by atoms with Crippen LogP contribution in [0.3, 0.4) is 0 Å². The third-order valence-corrected chi connectivity index (χ3v) is 2.64. The summed E-state index contributed by atoms with van der Waals surface area (Å²) in [6.45, 7) is 3.80. The number of halogens is 1. The van der Waals surface area contributed by atoms with Crippen LogP contribution in [0.25, 0.3) is 11.3 Å². The lowest BCUT2D eigenvalue weighted by molar-refractivity contribution is 0.628. The van der Waals surface area contributed by atoms with Gasteiger partial charge in [-0.1, -0.05) is 19.1 Å². The molecular formula is C13H14FN3. The first kappa shape index (κ1) is 11.5. The van der Waals surface area contributed by atoms with Gasteiger partial charge in [0.2, 0.25) is 0 Å². The number of nitrogens with zero attached hydrogens (tertiary/aromatic N) is 2. The molecule has 0 spiro atoms. The van der Waals surface area contributed by atoms with Gasteiger partial charge >= 0.3 is 0 Å². The average Bonchev–Trinajstić information content (AvgIpc) is 2.32. The van der Waals surface area contributed by atoms with Crippen LogP contribution in [0.2, 0.25) is 0 Å². The Morgan fingerprint density at radius 3 is 2.71 bits per heavy atom. The van der Waals surface area contributed by atoms with Crippen molar-refractivity contribution >= 4 is 5.82 Å². The Morgan fingerprint density at radius 2 is 2.06 bits per heavy atom. The molecule has 1 aromatic carbocycles. The number of nitrogens with two attached hydrogens (primary N) is 1. The molecule has 0 unspecified atom stereocenters. The average molecular weight is 231 g/mol. The second-order valence-corrected chi connectivity index (χ2v) is 3.86. The maximum absolute atomic E-state index is 13.2. The van der Waals surface area contributed by atoms with E-state index < -0.39 is 0 Å². The summed E-state index contributed by atoms with van der Waals surface area (Å²) in [5, 5.41) is 0. The second kappa shape index (κ2) is 4.49. The molecule has 0 aliphatic rings. The molecule has 0 saturated carbocycles. The van der Waals surface area contributed by atoms with Crippen molar-refractivity contribution < 1.29 is 4.39 Å². The van der Waals surface area contributed by atoms with Gasteiger partial charge in [0.15, 0.2) is 0 Å². The highest BCUT2D eigenvalue weighted by Gasteiger charge is 2.10. The third kappa shape index (κ3) is 2.25. The molecule has 17 heavy (non-hydrogen) atoms. The summed E-state index contributed by atoms with van der Waals surface area (Å²) >= 11 is 0. The van der Waals surface area contributed by atoms with Gasteiger partial charge in [0, 0.05) is 17.5 Å². The van der Waals surface area contributed by atoms with Crippen LogP contribution in [0.15, 0.2) is 24.3 Å². The van der Waals surface area contributed by atoms with Crippen LogP contribution in [-0.2, 0) is 6.42 Å². The number of anilines is 1. The van der Waals surface area contributed by atoms with Crippen LogP contribution >= 0.6 is 0 Å². The lowest BCUT2D eigenvalue weighted by Gasteiger charge is -2.09. The summed E-state index contributed by atoms with van der Waals surface area (Å²) in [7, 11) is 0. The van der Waals surface area contributed by atoms with Crippen molar-refractivity contribution in [2.45, 2.75) is 20.3 Å². The molecule has 3 nitrogen and oxygen atoms in total.